The van der Waals surface area contributed by atoms with Gasteiger partial charge in [0.15, 0.2) is 4.77 Å². The minimum atomic E-state index is -0.0648. The molecule has 0 bridgehead atoms. The molecule has 3 rings (SSSR count). The maximum absolute atomic E-state index is 12.4. The van der Waals surface area contributed by atoms with Gasteiger partial charge in [0, 0.05) is 6.20 Å². The van der Waals surface area contributed by atoms with Gasteiger partial charge in [-0.2, -0.15) is 0 Å². The summed E-state index contributed by atoms with van der Waals surface area (Å²) in [7, 11) is 0. The van der Waals surface area contributed by atoms with Crippen molar-refractivity contribution in [3.05, 3.63) is 56.2 Å². The van der Waals surface area contributed by atoms with Crippen LogP contribution >= 0.6 is 23.6 Å². The van der Waals surface area contributed by atoms with E-state index in [9.17, 15) is 4.79 Å². The molecule has 19 heavy (non-hydrogen) atoms. The molecule has 96 valence electrons. The first-order valence-electron chi connectivity index (χ1n) is 5.77. The van der Waals surface area contributed by atoms with Crippen LogP contribution in [0.1, 0.15) is 11.3 Å². The molecule has 0 spiro atoms. The van der Waals surface area contributed by atoms with Crippen LogP contribution in [0.5, 0.6) is 0 Å². The highest BCUT2D eigenvalue weighted by atomic mass is 32.1. The van der Waals surface area contributed by atoms with E-state index in [2.05, 4.69) is 9.97 Å². The lowest BCUT2D eigenvalue weighted by Gasteiger charge is -2.07. The zero-order valence-electron chi connectivity index (χ0n) is 10.2. The van der Waals surface area contributed by atoms with Crippen molar-refractivity contribution in [3.8, 4) is 0 Å². The lowest BCUT2D eigenvalue weighted by atomic mass is 10.2. The summed E-state index contributed by atoms with van der Waals surface area (Å²) in [6, 6.07) is 5.67. The molecule has 0 saturated carbocycles. The molecule has 0 amide bonds. The van der Waals surface area contributed by atoms with Crippen molar-refractivity contribution in [2.45, 2.75) is 13.5 Å². The summed E-state index contributed by atoms with van der Waals surface area (Å²) in [5.74, 6) is 0. The van der Waals surface area contributed by atoms with Crippen LogP contribution in [-0.4, -0.2) is 14.5 Å². The number of rotatable bonds is 2. The Bertz CT molecular complexity index is 860. The Balaban J connectivity index is 2.18. The molecule has 0 aliphatic rings. The van der Waals surface area contributed by atoms with E-state index in [1.54, 1.807) is 10.8 Å². The highest BCUT2D eigenvalue weighted by molar-refractivity contribution is 7.71. The van der Waals surface area contributed by atoms with Crippen LogP contribution in [0, 0.1) is 11.7 Å². The minimum absolute atomic E-state index is 0.0648. The van der Waals surface area contributed by atoms with Crippen molar-refractivity contribution in [1.29, 1.82) is 0 Å². The third kappa shape index (κ3) is 2.13. The normalized spacial score (nSPS) is 11.0. The Hall–Kier alpha value is -1.79. The van der Waals surface area contributed by atoms with Gasteiger partial charge in [0.25, 0.3) is 5.56 Å². The van der Waals surface area contributed by atoms with E-state index in [1.807, 2.05) is 30.5 Å². The van der Waals surface area contributed by atoms with E-state index in [0.717, 1.165) is 16.1 Å². The number of aromatic amines is 1. The molecule has 0 saturated heterocycles. The summed E-state index contributed by atoms with van der Waals surface area (Å²) >= 11 is 6.74. The zero-order chi connectivity index (χ0) is 13.4. The van der Waals surface area contributed by atoms with Gasteiger partial charge in [-0.3, -0.25) is 14.3 Å². The predicted octanol–water partition coefficient (Wildman–Crippen LogP) is 2.87. The number of aromatic nitrogens is 3. The Kier molecular flexibility index (Phi) is 3.04. The molecule has 3 heterocycles. The summed E-state index contributed by atoms with van der Waals surface area (Å²) in [4.78, 5) is 20.6. The molecule has 1 N–H and O–H groups in total. The SMILES string of the molecule is Cc1cccnc1Cn1c(=S)[nH]c2sccc2c1=O. The van der Waals surface area contributed by atoms with E-state index in [-0.39, 0.29) is 5.56 Å². The van der Waals surface area contributed by atoms with Gasteiger partial charge in [0.1, 0.15) is 4.83 Å². The maximum atomic E-state index is 12.4. The molecule has 0 aromatic carbocycles. The zero-order valence-corrected chi connectivity index (χ0v) is 11.8. The number of thiophene rings is 1. The van der Waals surface area contributed by atoms with Crippen molar-refractivity contribution < 1.29 is 0 Å². The van der Waals surface area contributed by atoms with Gasteiger partial charge < -0.3 is 4.98 Å². The first kappa shape index (κ1) is 12.3. The summed E-state index contributed by atoms with van der Waals surface area (Å²) in [5, 5.41) is 2.56. The lowest BCUT2D eigenvalue weighted by molar-refractivity contribution is 0.713. The number of nitrogens with zero attached hydrogens (tertiary/aromatic N) is 2. The number of hydrogen-bond acceptors (Lipinski definition) is 4. The van der Waals surface area contributed by atoms with Gasteiger partial charge in [-0.1, -0.05) is 6.07 Å². The van der Waals surface area contributed by atoms with Crippen LogP contribution in [0.2, 0.25) is 0 Å². The molecule has 0 fully saturated rings. The Labute approximate surface area is 118 Å². The number of pyridine rings is 1. The smallest absolute Gasteiger partial charge is 0.263 e. The second kappa shape index (κ2) is 4.71. The summed E-state index contributed by atoms with van der Waals surface area (Å²) in [6.07, 6.45) is 1.73. The van der Waals surface area contributed by atoms with Crippen molar-refractivity contribution in [1.82, 2.24) is 14.5 Å². The molecule has 0 aliphatic carbocycles. The molecule has 0 unspecified atom stereocenters. The summed E-state index contributed by atoms with van der Waals surface area (Å²) in [6.45, 7) is 2.37. The topological polar surface area (TPSA) is 50.7 Å². The molecule has 3 aromatic heterocycles. The molecule has 0 aliphatic heterocycles. The average molecular weight is 289 g/mol. The van der Waals surface area contributed by atoms with Crippen LogP contribution in [0.25, 0.3) is 10.2 Å². The average Bonchev–Trinajstić information content (AvgIpc) is 2.84. The van der Waals surface area contributed by atoms with E-state index in [4.69, 9.17) is 12.2 Å². The molecular weight excluding hydrogens is 278 g/mol. The Morgan fingerprint density at radius 1 is 1.47 bits per heavy atom. The molecule has 3 aromatic rings. The highest BCUT2D eigenvalue weighted by Gasteiger charge is 2.08. The lowest BCUT2D eigenvalue weighted by Crippen LogP contribution is -2.23. The summed E-state index contributed by atoms with van der Waals surface area (Å²) < 4.78 is 1.99. The third-order valence-electron chi connectivity index (χ3n) is 3.03. The van der Waals surface area contributed by atoms with Crippen LogP contribution in [0.3, 0.4) is 0 Å². The van der Waals surface area contributed by atoms with Crippen molar-refractivity contribution in [2.75, 3.05) is 0 Å². The van der Waals surface area contributed by atoms with Crippen molar-refractivity contribution in [2.24, 2.45) is 0 Å². The Morgan fingerprint density at radius 3 is 3.11 bits per heavy atom. The van der Waals surface area contributed by atoms with Gasteiger partial charge in [0.05, 0.1) is 17.6 Å². The minimum Gasteiger partial charge on any atom is -0.323 e. The number of hydrogen-bond donors (Lipinski definition) is 1. The number of H-pyrrole nitrogens is 1. The monoisotopic (exact) mass is 289 g/mol. The van der Waals surface area contributed by atoms with Gasteiger partial charge in [0.2, 0.25) is 0 Å². The standard InChI is InChI=1S/C13H11N3OS2/c1-8-3-2-5-14-10(8)7-16-12(17)9-4-6-19-11(9)15-13(16)18/h2-6H,7H2,1H3,(H,15,18). The van der Waals surface area contributed by atoms with Crippen LogP contribution in [-0.2, 0) is 6.54 Å². The van der Waals surface area contributed by atoms with Crippen LogP contribution in [0.15, 0.2) is 34.6 Å². The fraction of sp³-hybridized carbons (Fsp3) is 0.154. The van der Waals surface area contributed by atoms with Crippen LogP contribution < -0.4 is 5.56 Å². The van der Waals surface area contributed by atoms with E-state index in [0.29, 0.717) is 16.7 Å². The molecule has 6 heteroatoms. The fourth-order valence-corrected chi connectivity index (χ4v) is 3.05. The largest absolute Gasteiger partial charge is 0.323 e. The number of nitrogens with one attached hydrogen (secondary N) is 1. The quantitative estimate of drug-likeness (QED) is 0.738. The second-order valence-electron chi connectivity index (χ2n) is 4.25. The van der Waals surface area contributed by atoms with E-state index in [1.165, 1.54) is 11.3 Å². The second-order valence-corrected chi connectivity index (χ2v) is 5.55. The molecular formula is C13H11N3OS2. The van der Waals surface area contributed by atoms with E-state index < -0.39 is 0 Å². The Morgan fingerprint density at radius 2 is 2.32 bits per heavy atom. The molecule has 0 radical (unpaired) electrons. The maximum Gasteiger partial charge on any atom is 0.263 e. The molecule has 0 atom stereocenters. The third-order valence-corrected chi connectivity index (χ3v) is 4.18. The van der Waals surface area contributed by atoms with Crippen LogP contribution in [0.4, 0.5) is 0 Å². The van der Waals surface area contributed by atoms with Gasteiger partial charge in [-0.15, -0.1) is 11.3 Å². The number of fused-ring (bicyclic) bond motifs is 1. The van der Waals surface area contributed by atoms with Gasteiger partial charge >= 0.3 is 0 Å². The fourth-order valence-electron chi connectivity index (χ4n) is 1.95. The van der Waals surface area contributed by atoms with Gasteiger partial charge in [-0.25, -0.2) is 0 Å². The first-order valence-corrected chi connectivity index (χ1v) is 7.06. The van der Waals surface area contributed by atoms with Crippen molar-refractivity contribution in [3.63, 3.8) is 0 Å². The highest BCUT2D eigenvalue weighted by Crippen LogP contribution is 2.14. The predicted molar refractivity (Wildman–Crippen MR) is 79.3 cm³/mol. The number of aryl methyl sites for hydroxylation is 1. The van der Waals surface area contributed by atoms with Gasteiger partial charge in [-0.05, 0) is 42.2 Å². The van der Waals surface area contributed by atoms with E-state index >= 15 is 0 Å². The van der Waals surface area contributed by atoms with Crippen molar-refractivity contribution >= 4 is 33.8 Å². The molecule has 4 nitrogen and oxygen atoms in total. The summed E-state index contributed by atoms with van der Waals surface area (Å²) in [5.41, 5.74) is 1.85. The first-order chi connectivity index (χ1) is 9.16.